The summed E-state index contributed by atoms with van der Waals surface area (Å²) in [6, 6.07) is 0. The standard InChI is InChI=1S/C10H12N4/c11-10-9-8(12-5-13-10)6-3-1-2-4-7(6)14-9/h5,14H,1-4H2,(H2,11,12,13). The molecule has 0 saturated heterocycles. The average Bonchev–Trinajstić information content (AvgIpc) is 2.59. The van der Waals surface area contributed by atoms with Gasteiger partial charge in [-0.25, -0.2) is 9.97 Å². The van der Waals surface area contributed by atoms with E-state index in [2.05, 4.69) is 15.0 Å². The fraction of sp³-hybridized carbons (Fsp3) is 0.400. The summed E-state index contributed by atoms with van der Waals surface area (Å²) in [4.78, 5) is 11.6. The average molecular weight is 188 g/mol. The summed E-state index contributed by atoms with van der Waals surface area (Å²) in [5.41, 5.74) is 10.4. The van der Waals surface area contributed by atoms with Gasteiger partial charge in [0.05, 0.1) is 5.52 Å². The summed E-state index contributed by atoms with van der Waals surface area (Å²) in [5.74, 6) is 0.560. The van der Waals surface area contributed by atoms with Crippen molar-refractivity contribution in [1.29, 1.82) is 0 Å². The van der Waals surface area contributed by atoms with Gasteiger partial charge in [0.1, 0.15) is 11.8 Å². The number of nitrogen functional groups attached to an aromatic ring is 1. The maximum atomic E-state index is 5.79. The summed E-state index contributed by atoms with van der Waals surface area (Å²) < 4.78 is 0. The van der Waals surface area contributed by atoms with Crippen molar-refractivity contribution < 1.29 is 0 Å². The van der Waals surface area contributed by atoms with E-state index in [0.29, 0.717) is 5.82 Å². The smallest absolute Gasteiger partial charge is 0.151 e. The Morgan fingerprint density at radius 2 is 2.07 bits per heavy atom. The fourth-order valence-electron chi connectivity index (χ4n) is 2.21. The van der Waals surface area contributed by atoms with Crippen LogP contribution in [0.1, 0.15) is 24.1 Å². The lowest BCUT2D eigenvalue weighted by Gasteiger charge is -2.09. The van der Waals surface area contributed by atoms with Crippen LogP contribution >= 0.6 is 0 Å². The van der Waals surface area contributed by atoms with Crippen molar-refractivity contribution in [2.75, 3.05) is 5.73 Å². The van der Waals surface area contributed by atoms with Gasteiger partial charge in [-0.2, -0.15) is 0 Å². The highest BCUT2D eigenvalue weighted by Gasteiger charge is 2.17. The Labute approximate surface area is 81.6 Å². The maximum absolute atomic E-state index is 5.79. The van der Waals surface area contributed by atoms with Gasteiger partial charge < -0.3 is 10.7 Å². The van der Waals surface area contributed by atoms with Crippen molar-refractivity contribution in [3.63, 3.8) is 0 Å². The monoisotopic (exact) mass is 188 g/mol. The number of nitrogens with two attached hydrogens (primary N) is 1. The highest BCUT2D eigenvalue weighted by Crippen LogP contribution is 2.28. The molecule has 0 spiro atoms. The van der Waals surface area contributed by atoms with E-state index in [1.165, 1.54) is 24.1 Å². The van der Waals surface area contributed by atoms with Crippen LogP contribution in [0.5, 0.6) is 0 Å². The van der Waals surface area contributed by atoms with Crippen LogP contribution in [0, 0.1) is 0 Å². The first-order chi connectivity index (χ1) is 6.86. The number of aromatic amines is 1. The van der Waals surface area contributed by atoms with Crippen molar-refractivity contribution in [2.24, 2.45) is 0 Å². The molecule has 0 unspecified atom stereocenters. The summed E-state index contributed by atoms with van der Waals surface area (Å²) >= 11 is 0. The van der Waals surface area contributed by atoms with Crippen LogP contribution in [0.3, 0.4) is 0 Å². The van der Waals surface area contributed by atoms with Gasteiger partial charge in [-0.05, 0) is 31.2 Å². The van der Waals surface area contributed by atoms with Crippen molar-refractivity contribution in [3.8, 4) is 0 Å². The third kappa shape index (κ3) is 0.937. The van der Waals surface area contributed by atoms with Gasteiger partial charge in [-0.3, -0.25) is 0 Å². The minimum absolute atomic E-state index is 0.560. The van der Waals surface area contributed by atoms with E-state index in [-0.39, 0.29) is 0 Å². The molecular formula is C10H12N4. The Morgan fingerprint density at radius 3 is 3.00 bits per heavy atom. The second kappa shape index (κ2) is 2.70. The number of aryl methyl sites for hydroxylation is 2. The first-order valence-electron chi connectivity index (χ1n) is 4.96. The lowest BCUT2D eigenvalue weighted by Crippen LogP contribution is -2.00. The first-order valence-corrected chi connectivity index (χ1v) is 4.96. The number of hydrogen-bond donors (Lipinski definition) is 2. The molecule has 0 radical (unpaired) electrons. The van der Waals surface area contributed by atoms with E-state index in [1.54, 1.807) is 6.33 Å². The van der Waals surface area contributed by atoms with E-state index < -0.39 is 0 Å². The molecule has 0 amide bonds. The number of hydrogen-bond acceptors (Lipinski definition) is 3. The number of nitrogens with one attached hydrogen (secondary N) is 1. The van der Waals surface area contributed by atoms with Crippen LogP contribution in [-0.2, 0) is 12.8 Å². The van der Waals surface area contributed by atoms with Gasteiger partial charge in [0, 0.05) is 5.69 Å². The molecule has 1 aliphatic rings. The van der Waals surface area contributed by atoms with Gasteiger partial charge in [0.15, 0.2) is 5.82 Å². The van der Waals surface area contributed by atoms with E-state index in [0.717, 1.165) is 23.9 Å². The molecule has 4 heteroatoms. The zero-order valence-electron chi connectivity index (χ0n) is 7.88. The van der Waals surface area contributed by atoms with E-state index in [1.807, 2.05) is 0 Å². The SMILES string of the molecule is Nc1ncnc2c3c([nH]c12)CCCC3. The Morgan fingerprint density at radius 1 is 1.21 bits per heavy atom. The predicted molar refractivity (Wildman–Crippen MR) is 54.9 cm³/mol. The molecule has 0 aromatic carbocycles. The highest BCUT2D eigenvalue weighted by molar-refractivity contribution is 5.88. The second-order valence-electron chi connectivity index (χ2n) is 3.77. The third-order valence-corrected chi connectivity index (χ3v) is 2.91. The second-order valence-corrected chi connectivity index (χ2v) is 3.77. The number of nitrogens with zero attached hydrogens (tertiary/aromatic N) is 2. The lowest BCUT2D eigenvalue weighted by molar-refractivity contribution is 0.679. The van der Waals surface area contributed by atoms with E-state index in [4.69, 9.17) is 5.73 Å². The van der Waals surface area contributed by atoms with Crippen molar-refractivity contribution in [1.82, 2.24) is 15.0 Å². The van der Waals surface area contributed by atoms with E-state index in [9.17, 15) is 0 Å². The van der Waals surface area contributed by atoms with Gasteiger partial charge in [-0.15, -0.1) is 0 Å². The topological polar surface area (TPSA) is 67.6 Å². The molecule has 0 atom stereocenters. The number of fused-ring (bicyclic) bond motifs is 3. The molecule has 4 nitrogen and oxygen atoms in total. The molecule has 1 aliphatic carbocycles. The molecule has 72 valence electrons. The van der Waals surface area contributed by atoms with Gasteiger partial charge in [-0.1, -0.05) is 0 Å². The quantitative estimate of drug-likeness (QED) is 0.657. The third-order valence-electron chi connectivity index (χ3n) is 2.91. The molecule has 0 aliphatic heterocycles. The lowest BCUT2D eigenvalue weighted by atomic mass is 9.97. The Bertz CT molecular complexity index is 486. The molecule has 3 rings (SSSR count). The fourth-order valence-corrected chi connectivity index (χ4v) is 2.21. The molecule has 2 aromatic rings. The normalized spacial score (nSPS) is 15.7. The summed E-state index contributed by atoms with van der Waals surface area (Å²) in [6.07, 6.45) is 6.29. The molecule has 3 N–H and O–H groups in total. The largest absolute Gasteiger partial charge is 0.382 e. The molecular weight excluding hydrogens is 176 g/mol. The van der Waals surface area contributed by atoms with Crippen molar-refractivity contribution in [2.45, 2.75) is 25.7 Å². The molecule has 2 heterocycles. The van der Waals surface area contributed by atoms with Crippen LogP contribution in [0.4, 0.5) is 5.82 Å². The minimum Gasteiger partial charge on any atom is -0.382 e. The molecule has 14 heavy (non-hydrogen) atoms. The highest BCUT2D eigenvalue weighted by atomic mass is 15.0. The van der Waals surface area contributed by atoms with Crippen LogP contribution in [0.15, 0.2) is 6.33 Å². The number of H-pyrrole nitrogens is 1. The van der Waals surface area contributed by atoms with Crippen molar-refractivity contribution in [3.05, 3.63) is 17.6 Å². The summed E-state index contributed by atoms with van der Waals surface area (Å²) in [6.45, 7) is 0. The zero-order valence-corrected chi connectivity index (χ0v) is 7.88. The molecule has 2 aromatic heterocycles. The Balaban J connectivity index is 2.36. The van der Waals surface area contributed by atoms with E-state index >= 15 is 0 Å². The minimum atomic E-state index is 0.560. The zero-order chi connectivity index (χ0) is 9.54. The first kappa shape index (κ1) is 7.79. The van der Waals surface area contributed by atoms with Crippen LogP contribution in [0.2, 0.25) is 0 Å². The molecule has 0 bridgehead atoms. The van der Waals surface area contributed by atoms with Crippen LogP contribution in [0.25, 0.3) is 11.0 Å². The summed E-state index contributed by atoms with van der Waals surface area (Å²) in [5, 5.41) is 0. The molecule has 0 fully saturated rings. The van der Waals surface area contributed by atoms with Gasteiger partial charge in [0.25, 0.3) is 0 Å². The number of anilines is 1. The Hall–Kier alpha value is -1.58. The van der Waals surface area contributed by atoms with Gasteiger partial charge in [0.2, 0.25) is 0 Å². The maximum Gasteiger partial charge on any atom is 0.151 e. The predicted octanol–water partition coefficient (Wildman–Crippen LogP) is 1.42. The number of rotatable bonds is 0. The van der Waals surface area contributed by atoms with Crippen LogP contribution < -0.4 is 5.73 Å². The van der Waals surface area contributed by atoms with Gasteiger partial charge >= 0.3 is 0 Å². The van der Waals surface area contributed by atoms with Crippen molar-refractivity contribution >= 4 is 16.9 Å². The Kier molecular flexibility index (Phi) is 1.50. The summed E-state index contributed by atoms with van der Waals surface area (Å²) in [7, 11) is 0. The van der Waals surface area contributed by atoms with Crippen LogP contribution in [-0.4, -0.2) is 15.0 Å². The molecule has 0 saturated carbocycles. The number of aromatic nitrogens is 3.